The molecule has 0 saturated carbocycles. The molecule has 1 aromatic carbocycles. The molecular formula is C13H9Cl2NO3S. The number of hydrogen-bond donors (Lipinski definition) is 2. The fourth-order valence-corrected chi connectivity index (χ4v) is 3.03. The number of carboxylic acid groups (broad SMARTS) is 1. The smallest absolute Gasteiger partial charge is 0.378 e. The summed E-state index contributed by atoms with van der Waals surface area (Å²) in [4.78, 5) is 22.6. The van der Waals surface area contributed by atoms with Gasteiger partial charge in [0.25, 0.3) is 5.78 Å². The maximum Gasteiger partial charge on any atom is 0.378 e. The van der Waals surface area contributed by atoms with Crippen LogP contribution in [0.1, 0.15) is 15.2 Å². The first-order valence-electron chi connectivity index (χ1n) is 5.48. The fourth-order valence-electron chi connectivity index (χ4n) is 1.61. The number of Topliss-reactive ketones (excluding diaryl/α,β-unsaturated/α-hetero) is 1. The van der Waals surface area contributed by atoms with Gasteiger partial charge >= 0.3 is 5.97 Å². The summed E-state index contributed by atoms with van der Waals surface area (Å²) in [5.41, 5.74) is 1.60. The largest absolute Gasteiger partial charge is 0.475 e. The molecule has 0 aliphatic heterocycles. The summed E-state index contributed by atoms with van der Waals surface area (Å²) < 4.78 is 0. The van der Waals surface area contributed by atoms with Crippen LogP contribution in [0.5, 0.6) is 0 Å². The van der Waals surface area contributed by atoms with Gasteiger partial charge in [0.05, 0.1) is 21.4 Å². The van der Waals surface area contributed by atoms with Gasteiger partial charge in [-0.05, 0) is 30.0 Å². The number of aryl methyl sites for hydroxylation is 1. The highest BCUT2D eigenvalue weighted by Gasteiger charge is 2.23. The molecule has 1 heterocycles. The van der Waals surface area contributed by atoms with Gasteiger partial charge in [-0.25, -0.2) is 4.79 Å². The number of carboxylic acids is 1. The average molecular weight is 330 g/mol. The van der Waals surface area contributed by atoms with Crippen molar-refractivity contribution in [1.82, 2.24) is 0 Å². The Balaban J connectivity index is 2.47. The van der Waals surface area contributed by atoms with Gasteiger partial charge in [0.1, 0.15) is 4.88 Å². The zero-order valence-electron chi connectivity index (χ0n) is 10.2. The first-order chi connectivity index (χ1) is 9.41. The molecular weight excluding hydrogens is 321 g/mol. The minimum atomic E-state index is -1.50. The molecule has 104 valence electrons. The topological polar surface area (TPSA) is 66.4 Å². The van der Waals surface area contributed by atoms with Crippen LogP contribution >= 0.6 is 34.5 Å². The fraction of sp³-hybridized carbons (Fsp3) is 0.0769. The molecule has 1 aromatic heterocycles. The SMILES string of the molecule is Cc1csc(C(=O)C(=O)O)c1Nc1c(Cl)cccc1Cl. The van der Waals surface area contributed by atoms with Gasteiger partial charge < -0.3 is 10.4 Å². The van der Waals surface area contributed by atoms with Crippen molar-refractivity contribution >= 4 is 57.7 Å². The van der Waals surface area contributed by atoms with Crippen LogP contribution in [0.4, 0.5) is 11.4 Å². The predicted octanol–water partition coefficient (Wildman–Crippen LogP) is 4.37. The number of carbonyl (C=O) groups is 2. The maximum absolute atomic E-state index is 11.6. The zero-order chi connectivity index (χ0) is 14.9. The van der Waals surface area contributed by atoms with Crippen LogP contribution in [0.15, 0.2) is 23.6 Å². The summed E-state index contributed by atoms with van der Waals surface area (Å²) in [5.74, 6) is -2.46. The van der Waals surface area contributed by atoms with Crippen LogP contribution in [0.2, 0.25) is 10.0 Å². The van der Waals surface area contributed by atoms with E-state index in [4.69, 9.17) is 28.3 Å². The lowest BCUT2D eigenvalue weighted by Crippen LogP contribution is -2.12. The zero-order valence-corrected chi connectivity index (χ0v) is 12.6. The molecule has 7 heteroatoms. The van der Waals surface area contributed by atoms with Crippen LogP contribution in [0.25, 0.3) is 0 Å². The van der Waals surface area contributed by atoms with Gasteiger partial charge in [0, 0.05) is 0 Å². The van der Waals surface area contributed by atoms with Gasteiger partial charge in [-0.15, -0.1) is 11.3 Å². The van der Waals surface area contributed by atoms with Gasteiger partial charge in [-0.1, -0.05) is 29.3 Å². The highest BCUT2D eigenvalue weighted by atomic mass is 35.5. The number of rotatable bonds is 4. The standard InChI is InChI=1S/C13H9Cl2NO3S/c1-6-5-20-12(11(17)13(18)19)9(6)16-10-7(14)3-2-4-8(10)15/h2-5,16H,1H3,(H,18,19). The lowest BCUT2D eigenvalue weighted by Gasteiger charge is -2.11. The lowest BCUT2D eigenvalue weighted by atomic mass is 10.2. The van der Waals surface area contributed by atoms with Crippen molar-refractivity contribution in [2.24, 2.45) is 0 Å². The minimum absolute atomic E-state index is 0.117. The number of thiophene rings is 1. The van der Waals surface area contributed by atoms with E-state index in [0.29, 0.717) is 21.4 Å². The Morgan fingerprint density at radius 1 is 1.20 bits per heavy atom. The van der Waals surface area contributed by atoms with Crippen molar-refractivity contribution < 1.29 is 14.7 Å². The molecule has 0 saturated heterocycles. The molecule has 0 aliphatic rings. The summed E-state index contributed by atoms with van der Waals surface area (Å²) in [7, 11) is 0. The van der Waals surface area contributed by atoms with Crippen molar-refractivity contribution in [2.75, 3.05) is 5.32 Å². The maximum atomic E-state index is 11.6. The number of anilines is 2. The molecule has 0 amide bonds. The summed E-state index contributed by atoms with van der Waals surface area (Å²) in [6.07, 6.45) is 0. The molecule has 0 spiro atoms. The number of carbonyl (C=O) groups excluding carboxylic acids is 1. The van der Waals surface area contributed by atoms with E-state index in [2.05, 4.69) is 5.32 Å². The van der Waals surface area contributed by atoms with Crippen LogP contribution in [0, 0.1) is 6.92 Å². The molecule has 20 heavy (non-hydrogen) atoms. The van der Waals surface area contributed by atoms with E-state index in [-0.39, 0.29) is 4.88 Å². The molecule has 2 aromatic rings. The Kier molecular flexibility index (Phi) is 4.32. The molecule has 0 atom stereocenters. The van der Waals surface area contributed by atoms with Crippen LogP contribution in [-0.4, -0.2) is 16.9 Å². The van der Waals surface area contributed by atoms with Gasteiger partial charge in [0.15, 0.2) is 0 Å². The number of nitrogens with one attached hydrogen (secondary N) is 1. The highest BCUT2D eigenvalue weighted by Crippen LogP contribution is 2.37. The van der Waals surface area contributed by atoms with Crippen LogP contribution in [0.3, 0.4) is 0 Å². The molecule has 2 N–H and O–H groups in total. The molecule has 0 aliphatic carbocycles. The first kappa shape index (κ1) is 14.8. The Morgan fingerprint density at radius 2 is 1.80 bits per heavy atom. The van der Waals surface area contributed by atoms with Crippen LogP contribution in [-0.2, 0) is 4.79 Å². The van der Waals surface area contributed by atoms with Gasteiger partial charge in [-0.3, -0.25) is 4.79 Å². The number of benzene rings is 1. The first-order valence-corrected chi connectivity index (χ1v) is 7.12. The highest BCUT2D eigenvalue weighted by molar-refractivity contribution is 7.13. The van der Waals surface area contributed by atoms with Gasteiger partial charge in [0.2, 0.25) is 0 Å². The number of hydrogen-bond acceptors (Lipinski definition) is 4. The summed E-state index contributed by atoms with van der Waals surface area (Å²) >= 11 is 13.2. The second-order valence-corrected chi connectivity index (χ2v) is 5.67. The van der Waals surface area contributed by atoms with E-state index in [9.17, 15) is 9.59 Å². The Bertz CT molecular complexity index is 677. The molecule has 2 rings (SSSR count). The molecule has 0 radical (unpaired) electrons. The third-order valence-corrected chi connectivity index (χ3v) is 4.31. The van der Waals surface area contributed by atoms with Crippen molar-refractivity contribution in [1.29, 1.82) is 0 Å². The number of para-hydroxylation sites is 1. The Hall–Kier alpha value is -1.56. The summed E-state index contributed by atoms with van der Waals surface area (Å²) in [6, 6.07) is 4.99. The predicted molar refractivity (Wildman–Crippen MR) is 80.8 cm³/mol. The van der Waals surface area contributed by atoms with E-state index in [1.54, 1.807) is 30.5 Å². The van der Waals surface area contributed by atoms with E-state index in [0.717, 1.165) is 16.9 Å². The number of halogens is 2. The van der Waals surface area contributed by atoms with E-state index < -0.39 is 11.8 Å². The summed E-state index contributed by atoms with van der Waals surface area (Å²) in [6.45, 7) is 1.77. The summed E-state index contributed by atoms with van der Waals surface area (Å²) in [5, 5.41) is 14.2. The lowest BCUT2D eigenvalue weighted by molar-refractivity contribution is -0.131. The average Bonchev–Trinajstić information content (AvgIpc) is 2.74. The van der Waals surface area contributed by atoms with Gasteiger partial charge in [-0.2, -0.15) is 0 Å². The third-order valence-electron chi connectivity index (χ3n) is 2.59. The quantitative estimate of drug-likeness (QED) is 0.645. The van der Waals surface area contributed by atoms with E-state index >= 15 is 0 Å². The van der Waals surface area contributed by atoms with Crippen LogP contribution < -0.4 is 5.32 Å². The van der Waals surface area contributed by atoms with E-state index in [1.807, 2.05) is 0 Å². The molecule has 0 fully saturated rings. The molecule has 0 bridgehead atoms. The second kappa shape index (κ2) is 5.83. The Morgan fingerprint density at radius 3 is 2.35 bits per heavy atom. The number of aliphatic carboxylic acids is 1. The monoisotopic (exact) mass is 329 g/mol. The molecule has 4 nitrogen and oxygen atoms in total. The van der Waals surface area contributed by atoms with Crippen molar-refractivity contribution in [3.63, 3.8) is 0 Å². The number of ketones is 1. The molecule has 0 unspecified atom stereocenters. The van der Waals surface area contributed by atoms with Crippen molar-refractivity contribution in [3.8, 4) is 0 Å². The van der Waals surface area contributed by atoms with Crippen molar-refractivity contribution in [3.05, 3.63) is 44.1 Å². The minimum Gasteiger partial charge on any atom is -0.475 e. The van der Waals surface area contributed by atoms with Crippen molar-refractivity contribution in [2.45, 2.75) is 6.92 Å². The third kappa shape index (κ3) is 2.80. The Labute approximate surface area is 128 Å². The second-order valence-electron chi connectivity index (χ2n) is 3.98. The van der Waals surface area contributed by atoms with E-state index in [1.165, 1.54) is 0 Å². The normalized spacial score (nSPS) is 10.3.